The minimum absolute atomic E-state index is 0.295. The van der Waals surface area contributed by atoms with E-state index in [0.717, 1.165) is 18.4 Å². The fourth-order valence-corrected chi connectivity index (χ4v) is 1.57. The first-order valence-corrected chi connectivity index (χ1v) is 6.39. The number of halogens is 1. The zero-order chi connectivity index (χ0) is 13.4. The molecule has 0 aliphatic carbocycles. The number of ether oxygens (including phenoxy) is 1. The highest BCUT2D eigenvalue weighted by atomic mass is 19.1. The summed E-state index contributed by atoms with van der Waals surface area (Å²) >= 11 is 0. The summed E-state index contributed by atoms with van der Waals surface area (Å²) in [7, 11) is 0. The van der Waals surface area contributed by atoms with Gasteiger partial charge in [-0.05, 0) is 18.9 Å². The van der Waals surface area contributed by atoms with Gasteiger partial charge in [-0.1, -0.05) is 32.1 Å². The minimum atomic E-state index is -0.295. The molecule has 0 aliphatic heterocycles. The molecule has 0 heterocycles. The zero-order valence-electron chi connectivity index (χ0n) is 11.2. The molecule has 1 aromatic rings. The second-order valence-corrected chi connectivity index (χ2v) is 4.54. The average molecular weight is 251 g/mol. The van der Waals surface area contributed by atoms with Crippen molar-refractivity contribution >= 4 is 0 Å². The number of unbranched alkanes of at least 4 members (excludes halogenated alkanes) is 1. The molecule has 0 saturated heterocycles. The van der Waals surface area contributed by atoms with Crippen LogP contribution in [0.25, 0.3) is 0 Å². The quantitative estimate of drug-likeness (QED) is 0.562. The molecule has 0 saturated carbocycles. The van der Waals surface area contributed by atoms with Crippen molar-refractivity contribution in [1.29, 1.82) is 0 Å². The third-order valence-electron chi connectivity index (χ3n) is 2.55. The van der Waals surface area contributed by atoms with E-state index in [2.05, 4.69) is 25.7 Å². The Kier molecular flexibility index (Phi) is 6.44. The van der Waals surface area contributed by atoms with Crippen LogP contribution in [0, 0.1) is 5.82 Å². The van der Waals surface area contributed by atoms with Crippen molar-refractivity contribution < 1.29 is 9.13 Å². The Balaban J connectivity index is 2.64. The van der Waals surface area contributed by atoms with E-state index in [0.29, 0.717) is 24.9 Å². The van der Waals surface area contributed by atoms with Gasteiger partial charge in [-0.15, -0.1) is 6.58 Å². The maximum Gasteiger partial charge on any atom is 0.165 e. The monoisotopic (exact) mass is 251 g/mol. The second kappa shape index (κ2) is 7.88. The van der Waals surface area contributed by atoms with Crippen molar-refractivity contribution in [1.82, 2.24) is 5.32 Å². The van der Waals surface area contributed by atoms with Crippen molar-refractivity contribution in [3.8, 4) is 5.75 Å². The standard InChI is InChI=1S/C15H22FNO/c1-4-5-6-10-18-15-13(11-17-12(2)3)8-7-9-14(15)16/h4,7-9,12,17H,1,5-6,10-11H2,2-3H3. The van der Waals surface area contributed by atoms with Crippen LogP contribution in [0.3, 0.4) is 0 Å². The summed E-state index contributed by atoms with van der Waals surface area (Å²) in [5.74, 6) is 0.0753. The summed E-state index contributed by atoms with van der Waals surface area (Å²) in [5, 5.41) is 3.27. The summed E-state index contributed by atoms with van der Waals surface area (Å²) < 4.78 is 19.3. The molecule has 0 aromatic heterocycles. The molecule has 2 nitrogen and oxygen atoms in total. The molecule has 100 valence electrons. The normalized spacial score (nSPS) is 10.7. The minimum Gasteiger partial charge on any atom is -0.490 e. The molecule has 0 fully saturated rings. The lowest BCUT2D eigenvalue weighted by Crippen LogP contribution is -2.22. The van der Waals surface area contributed by atoms with Gasteiger partial charge in [0, 0.05) is 18.2 Å². The lowest BCUT2D eigenvalue weighted by molar-refractivity contribution is 0.292. The van der Waals surface area contributed by atoms with E-state index in [4.69, 9.17) is 4.74 Å². The van der Waals surface area contributed by atoms with Crippen LogP contribution in [0.1, 0.15) is 32.3 Å². The van der Waals surface area contributed by atoms with Crippen LogP contribution in [0.4, 0.5) is 4.39 Å². The van der Waals surface area contributed by atoms with Gasteiger partial charge in [-0.25, -0.2) is 4.39 Å². The van der Waals surface area contributed by atoms with E-state index in [1.165, 1.54) is 6.07 Å². The van der Waals surface area contributed by atoms with Crippen LogP contribution in [-0.4, -0.2) is 12.6 Å². The Bertz CT molecular complexity index is 377. The lowest BCUT2D eigenvalue weighted by Gasteiger charge is -2.14. The van der Waals surface area contributed by atoms with Gasteiger partial charge >= 0.3 is 0 Å². The van der Waals surface area contributed by atoms with Crippen LogP contribution >= 0.6 is 0 Å². The molecular weight excluding hydrogens is 229 g/mol. The van der Waals surface area contributed by atoms with Crippen LogP contribution in [0.15, 0.2) is 30.9 Å². The zero-order valence-corrected chi connectivity index (χ0v) is 11.2. The molecule has 0 amide bonds. The summed E-state index contributed by atoms with van der Waals surface area (Å²) in [4.78, 5) is 0. The van der Waals surface area contributed by atoms with Gasteiger partial charge in [-0.2, -0.15) is 0 Å². The Hall–Kier alpha value is -1.35. The Morgan fingerprint density at radius 3 is 2.89 bits per heavy atom. The highest BCUT2D eigenvalue weighted by molar-refractivity contribution is 5.34. The summed E-state index contributed by atoms with van der Waals surface area (Å²) in [6.07, 6.45) is 3.58. The lowest BCUT2D eigenvalue weighted by atomic mass is 10.2. The van der Waals surface area contributed by atoms with Crippen molar-refractivity contribution in [2.45, 2.75) is 39.3 Å². The third kappa shape index (κ3) is 4.88. The van der Waals surface area contributed by atoms with Crippen molar-refractivity contribution in [3.63, 3.8) is 0 Å². The number of hydrogen-bond donors (Lipinski definition) is 1. The van der Waals surface area contributed by atoms with E-state index in [1.807, 2.05) is 12.1 Å². The summed E-state index contributed by atoms with van der Waals surface area (Å²) in [6.45, 7) is 8.90. The Labute approximate surface area is 109 Å². The Morgan fingerprint density at radius 2 is 2.22 bits per heavy atom. The maximum absolute atomic E-state index is 13.7. The maximum atomic E-state index is 13.7. The fourth-order valence-electron chi connectivity index (χ4n) is 1.57. The van der Waals surface area contributed by atoms with E-state index in [-0.39, 0.29) is 5.82 Å². The fraction of sp³-hybridized carbons (Fsp3) is 0.467. The molecule has 0 bridgehead atoms. The van der Waals surface area contributed by atoms with Crippen LogP contribution in [0.2, 0.25) is 0 Å². The van der Waals surface area contributed by atoms with Crippen molar-refractivity contribution in [2.75, 3.05) is 6.61 Å². The average Bonchev–Trinajstić information content (AvgIpc) is 2.34. The van der Waals surface area contributed by atoms with Gasteiger partial charge in [0.05, 0.1) is 6.61 Å². The first-order valence-electron chi connectivity index (χ1n) is 6.39. The highest BCUT2D eigenvalue weighted by Crippen LogP contribution is 2.23. The molecule has 0 atom stereocenters. The topological polar surface area (TPSA) is 21.3 Å². The van der Waals surface area contributed by atoms with Crippen molar-refractivity contribution in [3.05, 3.63) is 42.2 Å². The number of nitrogens with one attached hydrogen (secondary N) is 1. The van der Waals surface area contributed by atoms with E-state index < -0.39 is 0 Å². The largest absolute Gasteiger partial charge is 0.490 e. The smallest absolute Gasteiger partial charge is 0.165 e. The van der Waals surface area contributed by atoms with E-state index in [1.54, 1.807) is 6.07 Å². The van der Waals surface area contributed by atoms with Crippen LogP contribution in [0.5, 0.6) is 5.75 Å². The molecule has 1 aromatic carbocycles. The molecule has 18 heavy (non-hydrogen) atoms. The Morgan fingerprint density at radius 1 is 1.44 bits per heavy atom. The summed E-state index contributed by atoms with van der Waals surface area (Å²) in [6, 6.07) is 5.40. The SMILES string of the molecule is C=CCCCOc1c(F)cccc1CNC(C)C. The predicted molar refractivity (Wildman–Crippen MR) is 73.3 cm³/mol. The van der Waals surface area contributed by atoms with Crippen LogP contribution < -0.4 is 10.1 Å². The predicted octanol–water partition coefficient (Wildman–Crippen LogP) is 3.67. The van der Waals surface area contributed by atoms with Gasteiger partial charge in [0.25, 0.3) is 0 Å². The van der Waals surface area contributed by atoms with Gasteiger partial charge in [0.2, 0.25) is 0 Å². The number of allylic oxidation sites excluding steroid dienone is 1. The number of hydrogen-bond acceptors (Lipinski definition) is 2. The van der Waals surface area contributed by atoms with Gasteiger partial charge < -0.3 is 10.1 Å². The molecule has 3 heteroatoms. The van der Waals surface area contributed by atoms with Gasteiger partial charge in [0.1, 0.15) is 0 Å². The van der Waals surface area contributed by atoms with Crippen LogP contribution in [-0.2, 0) is 6.54 Å². The van der Waals surface area contributed by atoms with E-state index >= 15 is 0 Å². The summed E-state index contributed by atoms with van der Waals surface area (Å²) in [5.41, 5.74) is 0.863. The third-order valence-corrected chi connectivity index (χ3v) is 2.55. The van der Waals surface area contributed by atoms with Gasteiger partial charge in [-0.3, -0.25) is 0 Å². The number of para-hydroxylation sites is 1. The molecule has 0 aliphatic rings. The molecule has 0 spiro atoms. The number of benzene rings is 1. The van der Waals surface area contributed by atoms with Crippen molar-refractivity contribution in [2.24, 2.45) is 0 Å². The van der Waals surface area contributed by atoms with E-state index in [9.17, 15) is 4.39 Å². The molecule has 1 rings (SSSR count). The highest BCUT2D eigenvalue weighted by Gasteiger charge is 2.09. The molecule has 0 radical (unpaired) electrons. The first-order chi connectivity index (χ1) is 8.65. The first kappa shape index (κ1) is 14.7. The second-order valence-electron chi connectivity index (χ2n) is 4.54. The van der Waals surface area contributed by atoms with Gasteiger partial charge in [0.15, 0.2) is 11.6 Å². The molecule has 0 unspecified atom stereocenters. The molecule has 1 N–H and O–H groups in total. The molecular formula is C15H22FNO. The number of rotatable bonds is 8.